The Morgan fingerprint density at radius 3 is 2.77 bits per heavy atom. The fourth-order valence-electron chi connectivity index (χ4n) is 6.68. The molecular formula is C25H36N2O4. The Hall–Kier alpha value is -1.63. The zero-order valence-corrected chi connectivity index (χ0v) is 18.7. The van der Waals surface area contributed by atoms with Crippen molar-refractivity contribution in [2.45, 2.75) is 88.0 Å². The van der Waals surface area contributed by atoms with Crippen molar-refractivity contribution in [3.8, 4) is 5.75 Å². The van der Waals surface area contributed by atoms with Gasteiger partial charge < -0.3 is 20.6 Å². The fraction of sp³-hybridized carbons (Fsp3) is 0.720. The Kier molecular flexibility index (Phi) is 5.11. The minimum Gasteiger partial charge on any atom is -0.508 e. The molecule has 0 spiro atoms. The second-order valence-corrected chi connectivity index (χ2v) is 10.9. The van der Waals surface area contributed by atoms with E-state index in [4.69, 9.17) is 0 Å². The van der Waals surface area contributed by atoms with E-state index in [2.05, 4.69) is 10.2 Å². The minimum atomic E-state index is -1.06. The molecule has 1 heterocycles. The Morgan fingerprint density at radius 2 is 2.06 bits per heavy atom. The van der Waals surface area contributed by atoms with E-state index in [9.17, 15) is 20.1 Å². The molecule has 6 heteroatoms. The van der Waals surface area contributed by atoms with Crippen molar-refractivity contribution in [3.63, 3.8) is 0 Å². The molecule has 1 aromatic rings. The van der Waals surface area contributed by atoms with E-state index in [0.717, 1.165) is 43.8 Å². The van der Waals surface area contributed by atoms with Gasteiger partial charge in [0.2, 0.25) is 5.91 Å². The molecule has 5 unspecified atom stereocenters. The lowest BCUT2D eigenvalue weighted by Gasteiger charge is -2.61. The lowest BCUT2D eigenvalue weighted by atomic mass is 9.50. The standard InChI is InChI=1S/C25H36N2O4/c1-15(2)23(30)26-20-12-25(31)22-10-17-6-7-18(28)11-19(17)24(25,13-21(20)29)8-3-9-27(22)14-16-4-5-16/h6-7,11,15-16,20-22,28-29,31H,3-5,8-10,12-14H2,1-2H3,(H,26,30). The number of benzene rings is 1. The normalized spacial score (nSPS) is 37.6. The Labute approximate surface area is 184 Å². The molecule has 1 saturated heterocycles. The highest BCUT2D eigenvalue weighted by Gasteiger charge is 2.65. The average Bonchev–Trinajstić information content (AvgIpc) is 3.53. The number of carbonyl (C=O) groups excluding carboxylic acids is 1. The second-order valence-electron chi connectivity index (χ2n) is 10.9. The van der Waals surface area contributed by atoms with E-state index in [1.165, 1.54) is 18.4 Å². The van der Waals surface area contributed by atoms with Crippen molar-refractivity contribution >= 4 is 5.91 Å². The van der Waals surface area contributed by atoms with E-state index in [1.807, 2.05) is 26.0 Å². The van der Waals surface area contributed by atoms with Crippen LogP contribution >= 0.6 is 0 Å². The number of phenols is 1. The smallest absolute Gasteiger partial charge is 0.222 e. The molecule has 0 radical (unpaired) electrons. The minimum absolute atomic E-state index is 0.0430. The summed E-state index contributed by atoms with van der Waals surface area (Å²) >= 11 is 0. The summed E-state index contributed by atoms with van der Waals surface area (Å²) in [6.07, 6.45) is 5.01. The van der Waals surface area contributed by atoms with Crippen LogP contribution in [0.25, 0.3) is 0 Å². The van der Waals surface area contributed by atoms with Gasteiger partial charge in [0.05, 0.1) is 17.7 Å². The van der Waals surface area contributed by atoms with Crippen molar-refractivity contribution < 1.29 is 20.1 Å². The van der Waals surface area contributed by atoms with Gasteiger partial charge in [0.1, 0.15) is 5.75 Å². The Morgan fingerprint density at radius 1 is 1.29 bits per heavy atom. The van der Waals surface area contributed by atoms with Crippen molar-refractivity contribution in [1.29, 1.82) is 0 Å². The summed E-state index contributed by atoms with van der Waals surface area (Å²) in [7, 11) is 0. The first-order chi connectivity index (χ1) is 14.7. The molecule has 1 aromatic carbocycles. The predicted molar refractivity (Wildman–Crippen MR) is 118 cm³/mol. The largest absolute Gasteiger partial charge is 0.508 e. The van der Waals surface area contributed by atoms with Crippen LogP contribution in [0.5, 0.6) is 5.75 Å². The molecule has 6 nitrogen and oxygen atoms in total. The van der Waals surface area contributed by atoms with Gasteiger partial charge >= 0.3 is 0 Å². The number of fused-ring (bicyclic) bond motifs is 1. The molecule has 3 fully saturated rings. The number of hydrogen-bond acceptors (Lipinski definition) is 5. The van der Waals surface area contributed by atoms with Crippen LogP contribution in [0, 0.1) is 11.8 Å². The zero-order valence-electron chi connectivity index (χ0n) is 18.7. The molecule has 170 valence electrons. The molecule has 1 amide bonds. The summed E-state index contributed by atoms with van der Waals surface area (Å²) in [6.45, 7) is 5.65. The van der Waals surface area contributed by atoms with E-state index in [1.54, 1.807) is 6.07 Å². The third-order valence-electron chi connectivity index (χ3n) is 8.49. The molecule has 3 aliphatic carbocycles. The first-order valence-corrected chi connectivity index (χ1v) is 12.0. The number of aliphatic hydroxyl groups is 2. The van der Waals surface area contributed by atoms with Gasteiger partial charge in [-0.25, -0.2) is 0 Å². The first-order valence-electron chi connectivity index (χ1n) is 12.0. The number of phenolic OH excluding ortho intramolecular Hbond substituents is 1. The number of nitrogens with zero attached hydrogens (tertiary/aromatic N) is 1. The van der Waals surface area contributed by atoms with Gasteiger partial charge in [0, 0.05) is 30.3 Å². The molecule has 0 aromatic heterocycles. The van der Waals surface area contributed by atoms with Gasteiger partial charge in [-0.1, -0.05) is 19.9 Å². The quantitative estimate of drug-likeness (QED) is 0.589. The maximum absolute atomic E-state index is 12.5. The molecule has 4 N–H and O–H groups in total. The third-order valence-corrected chi connectivity index (χ3v) is 8.49. The third kappa shape index (κ3) is 3.38. The number of aromatic hydroxyl groups is 1. The highest BCUT2D eigenvalue weighted by atomic mass is 16.3. The van der Waals surface area contributed by atoms with Crippen LogP contribution < -0.4 is 5.32 Å². The molecule has 2 bridgehead atoms. The SMILES string of the molecule is CC(C)C(=O)NC1CC2(O)C3Cc4ccc(O)cc4C2(CCCN3CC2CC2)CC1O. The van der Waals surface area contributed by atoms with Crippen molar-refractivity contribution in [2.24, 2.45) is 11.8 Å². The lowest BCUT2D eigenvalue weighted by molar-refractivity contribution is -0.159. The summed E-state index contributed by atoms with van der Waals surface area (Å²) in [5.74, 6) is 0.673. The molecular weight excluding hydrogens is 392 g/mol. The highest BCUT2D eigenvalue weighted by molar-refractivity contribution is 5.78. The summed E-state index contributed by atoms with van der Waals surface area (Å²) in [5.41, 5.74) is 0.493. The topological polar surface area (TPSA) is 93.0 Å². The molecule has 4 aliphatic rings. The average molecular weight is 429 g/mol. The van der Waals surface area contributed by atoms with E-state index < -0.39 is 23.2 Å². The maximum Gasteiger partial charge on any atom is 0.222 e. The first kappa shape index (κ1) is 21.2. The van der Waals surface area contributed by atoms with Gasteiger partial charge in [0.15, 0.2) is 0 Å². The van der Waals surface area contributed by atoms with Crippen LogP contribution in [-0.2, 0) is 16.6 Å². The lowest BCUT2D eigenvalue weighted by Crippen LogP contribution is -2.72. The van der Waals surface area contributed by atoms with Crippen molar-refractivity contribution in [3.05, 3.63) is 29.3 Å². The number of rotatable bonds is 4. The Bertz CT molecular complexity index is 869. The van der Waals surface area contributed by atoms with Gasteiger partial charge in [0.25, 0.3) is 0 Å². The molecule has 5 rings (SSSR count). The maximum atomic E-state index is 12.5. The number of carbonyl (C=O) groups is 1. The van der Waals surface area contributed by atoms with Gasteiger partial charge in [-0.05, 0) is 74.2 Å². The second kappa shape index (κ2) is 7.46. The predicted octanol–water partition coefficient (Wildman–Crippen LogP) is 2.09. The van der Waals surface area contributed by atoms with E-state index in [-0.39, 0.29) is 23.6 Å². The van der Waals surface area contributed by atoms with E-state index >= 15 is 0 Å². The Balaban J connectivity index is 1.59. The van der Waals surface area contributed by atoms with Crippen molar-refractivity contribution in [1.82, 2.24) is 10.2 Å². The fourth-order valence-corrected chi connectivity index (χ4v) is 6.68. The number of amides is 1. The summed E-state index contributed by atoms with van der Waals surface area (Å²) in [4.78, 5) is 14.9. The monoisotopic (exact) mass is 428 g/mol. The van der Waals surface area contributed by atoms with Crippen LogP contribution in [0.2, 0.25) is 0 Å². The van der Waals surface area contributed by atoms with Crippen LogP contribution in [0.1, 0.15) is 63.5 Å². The van der Waals surface area contributed by atoms with Gasteiger partial charge in [-0.3, -0.25) is 9.69 Å². The summed E-state index contributed by atoms with van der Waals surface area (Å²) < 4.78 is 0. The summed E-state index contributed by atoms with van der Waals surface area (Å²) in [6, 6.07) is 5.04. The van der Waals surface area contributed by atoms with E-state index in [0.29, 0.717) is 12.8 Å². The molecule has 5 atom stereocenters. The van der Waals surface area contributed by atoms with Gasteiger partial charge in [-0.15, -0.1) is 0 Å². The molecule has 2 saturated carbocycles. The number of aliphatic hydroxyl groups excluding tert-OH is 1. The number of hydrogen-bond donors (Lipinski definition) is 4. The number of nitrogens with one attached hydrogen (secondary N) is 1. The van der Waals surface area contributed by atoms with Gasteiger partial charge in [-0.2, -0.15) is 0 Å². The number of likely N-dealkylation sites (tertiary alicyclic amines) is 1. The van der Waals surface area contributed by atoms with Crippen LogP contribution in [0.15, 0.2) is 18.2 Å². The summed E-state index contributed by atoms with van der Waals surface area (Å²) in [5, 5.41) is 37.0. The van der Waals surface area contributed by atoms with Crippen LogP contribution in [0.4, 0.5) is 0 Å². The molecule has 31 heavy (non-hydrogen) atoms. The van der Waals surface area contributed by atoms with Crippen LogP contribution in [-0.4, -0.2) is 63.0 Å². The zero-order chi connectivity index (χ0) is 22.0. The molecule has 1 aliphatic heterocycles. The van der Waals surface area contributed by atoms with Crippen LogP contribution in [0.3, 0.4) is 0 Å². The van der Waals surface area contributed by atoms with Crippen molar-refractivity contribution in [2.75, 3.05) is 13.1 Å². The highest BCUT2D eigenvalue weighted by Crippen LogP contribution is 2.58.